The van der Waals surface area contributed by atoms with E-state index in [1.54, 1.807) is 0 Å². The average Bonchev–Trinajstić information content (AvgIpc) is 2.71. The SMILES string of the molecule is CC1CN(C2(CN)CCSC2)C(C)CO1. The van der Waals surface area contributed by atoms with Gasteiger partial charge in [-0.2, -0.15) is 11.8 Å². The number of thioether (sulfide) groups is 1. The average molecular weight is 230 g/mol. The highest BCUT2D eigenvalue weighted by Gasteiger charge is 2.43. The van der Waals surface area contributed by atoms with Crippen LogP contribution in [0.3, 0.4) is 0 Å². The molecule has 4 heteroatoms. The van der Waals surface area contributed by atoms with Crippen LogP contribution in [0.1, 0.15) is 20.3 Å². The minimum absolute atomic E-state index is 0.252. The van der Waals surface area contributed by atoms with Gasteiger partial charge in [0.15, 0.2) is 0 Å². The highest BCUT2D eigenvalue weighted by Crippen LogP contribution is 2.35. The topological polar surface area (TPSA) is 38.5 Å². The summed E-state index contributed by atoms with van der Waals surface area (Å²) in [6, 6.07) is 0.517. The van der Waals surface area contributed by atoms with Crippen molar-refractivity contribution in [3.63, 3.8) is 0 Å². The summed E-state index contributed by atoms with van der Waals surface area (Å²) in [5, 5.41) is 0. The van der Waals surface area contributed by atoms with Gasteiger partial charge in [-0.15, -0.1) is 0 Å². The largest absolute Gasteiger partial charge is 0.376 e. The summed E-state index contributed by atoms with van der Waals surface area (Å²) in [4.78, 5) is 2.60. The van der Waals surface area contributed by atoms with Crippen LogP contribution in [0.15, 0.2) is 0 Å². The molecule has 2 aliphatic heterocycles. The van der Waals surface area contributed by atoms with Gasteiger partial charge in [-0.05, 0) is 26.0 Å². The van der Waals surface area contributed by atoms with Crippen molar-refractivity contribution in [3.8, 4) is 0 Å². The fourth-order valence-electron chi connectivity index (χ4n) is 2.67. The van der Waals surface area contributed by atoms with Crippen molar-refractivity contribution in [2.75, 3.05) is 31.2 Å². The molecule has 0 aliphatic carbocycles. The van der Waals surface area contributed by atoms with E-state index in [0.717, 1.165) is 19.7 Å². The van der Waals surface area contributed by atoms with Crippen molar-refractivity contribution in [1.82, 2.24) is 4.90 Å². The van der Waals surface area contributed by atoms with Gasteiger partial charge in [-0.3, -0.25) is 4.90 Å². The quantitative estimate of drug-likeness (QED) is 0.766. The van der Waals surface area contributed by atoms with E-state index in [0.29, 0.717) is 12.1 Å². The zero-order valence-corrected chi connectivity index (χ0v) is 10.6. The monoisotopic (exact) mass is 230 g/mol. The lowest BCUT2D eigenvalue weighted by Gasteiger charge is -2.48. The molecule has 15 heavy (non-hydrogen) atoms. The highest BCUT2D eigenvalue weighted by molar-refractivity contribution is 7.99. The highest BCUT2D eigenvalue weighted by atomic mass is 32.2. The van der Waals surface area contributed by atoms with Crippen LogP contribution in [0.25, 0.3) is 0 Å². The number of ether oxygens (including phenoxy) is 1. The molecule has 0 amide bonds. The van der Waals surface area contributed by atoms with Crippen LogP contribution in [0.2, 0.25) is 0 Å². The molecule has 2 rings (SSSR count). The second-order valence-corrected chi connectivity index (χ2v) is 5.98. The third kappa shape index (κ3) is 2.18. The van der Waals surface area contributed by atoms with Crippen LogP contribution in [0, 0.1) is 0 Å². The Kier molecular flexibility index (Phi) is 3.60. The number of hydrogen-bond donors (Lipinski definition) is 1. The second-order valence-electron chi connectivity index (χ2n) is 4.88. The van der Waals surface area contributed by atoms with Crippen molar-refractivity contribution in [3.05, 3.63) is 0 Å². The van der Waals surface area contributed by atoms with E-state index in [2.05, 4.69) is 18.7 Å². The number of morpholine rings is 1. The van der Waals surface area contributed by atoms with Gasteiger partial charge in [0.25, 0.3) is 0 Å². The van der Waals surface area contributed by atoms with E-state index >= 15 is 0 Å². The van der Waals surface area contributed by atoms with Crippen LogP contribution >= 0.6 is 11.8 Å². The number of nitrogens with two attached hydrogens (primary N) is 1. The second kappa shape index (κ2) is 4.62. The van der Waals surface area contributed by atoms with Gasteiger partial charge in [0.1, 0.15) is 0 Å². The summed E-state index contributed by atoms with van der Waals surface area (Å²) in [6.07, 6.45) is 1.60. The summed E-state index contributed by atoms with van der Waals surface area (Å²) >= 11 is 2.04. The Morgan fingerprint density at radius 3 is 2.93 bits per heavy atom. The van der Waals surface area contributed by atoms with E-state index in [1.807, 2.05) is 11.8 Å². The molecule has 0 aromatic heterocycles. The molecule has 3 atom stereocenters. The Bertz CT molecular complexity index is 219. The van der Waals surface area contributed by atoms with Gasteiger partial charge in [-0.1, -0.05) is 0 Å². The van der Waals surface area contributed by atoms with Gasteiger partial charge >= 0.3 is 0 Å². The lowest BCUT2D eigenvalue weighted by atomic mass is 9.93. The molecule has 2 saturated heterocycles. The summed E-state index contributed by atoms with van der Waals surface area (Å²) in [5.74, 6) is 2.45. The summed E-state index contributed by atoms with van der Waals surface area (Å²) in [7, 11) is 0. The molecule has 2 heterocycles. The molecule has 0 bridgehead atoms. The van der Waals surface area contributed by atoms with E-state index in [-0.39, 0.29) is 5.54 Å². The van der Waals surface area contributed by atoms with Crippen LogP contribution in [-0.2, 0) is 4.74 Å². The molecule has 2 aliphatic rings. The molecule has 2 N–H and O–H groups in total. The minimum Gasteiger partial charge on any atom is -0.376 e. The first-order valence-corrected chi connectivity index (χ1v) is 6.99. The standard InChI is InChI=1S/C11H22N2OS/c1-9-6-14-10(2)5-13(9)11(7-12)3-4-15-8-11/h9-10H,3-8,12H2,1-2H3. The molecule has 3 nitrogen and oxygen atoms in total. The predicted molar refractivity (Wildman–Crippen MR) is 65.3 cm³/mol. The van der Waals surface area contributed by atoms with Crippen molar-refractivity contribution in [1.29, 1.82) is 0 Å². The van der Waals surface area contributed by atoms with Crippen LogP contribution in [0.4, 0.5) is 0 Å². The Balaban J connectivity index is 2.11. The van der Waals surface area contributed by atoms with Crippen molar-refractivity contribution >= 4 is 11.8 Å². The summed E-state index contributed by atoms with van der Waals surface area (Å²) in [6.45, 7) is 7.10. The molecular weight excluding hydrogens is 208 g/mol. The summed E-state index contributed by atoms with van der Waals surface area (Å²) < 4.78 is 5.68. The fourth-order valence-corrected chi connectivity index (χ4v) is 4.14. The van der Waals surface area contributed by atoms with Gasteiger partial charge in [-0.25, -0.2) is 0 Å². The molecule has 0 saturated carbocycles. The Labute approximate surface area is 96.7 Å². The number of nitrogens with zero attached hydrogens (tertiary/aromatic N) is 1. The Morgan fingerprint density at radius 1 is 1.53 bits per heavy atom. The molecule has 3 unspecified atom stereocenters. The normalized spacial score (nSPS) is 43.4. The summed E-state index contributed by atoms with van der Waals surface area (Å²) in [5.41, 5.74) is 6.26. The zero-order valence-electron chi connectivity index (χ0n) is 9.74. The maximum absolute atomic E-state index is 6.01. The third-order valence-electron chi connectivity index (χ3n) is 3.68. The predicted octanol–water partition coefficient (Wildman–Crippen LogP) is 0.930. The molecule has 88 valence electrons. The third-order valence-corrected chi connectivity index (χ3v) is 4.91. The van der Waals surface area contributed by atoms with E-state index in [1.165, 1.54) is 17.9 Å². The van der Waals surface area contributed by atoms with Crippen molar-refractivity contribution in [2.45, 2.75) is 38.0 Å². The first-order valence-electron chi connectivity index (χ1n) is 5.84. The first-order chi connectivity index (χ1) is 7.18. The van der Waals surface area contributed by atoms with E-state index in [9.17, 15) is 0 Å². The Hall–Kier alpha value is 0.230. The lowest BCUT2D eigenvalue weighted by Crippen LogP contribution is -2.62. The smallest absolute Gasteiger partial charge is 0.0675 e. The van der Waals surface area contributed by atoms with Crippen molar-refractivity contribution in [2.24, 2.45) is 5.73 Å². The molecular formula is C11H22N2OS. The minimum atomic E-state index is 0.252. The van der Waals surface area contributed by atoms with E-state index in [4.69, 9.17) is 10.5 Å². The fraction of sp³-hybridized carbons (Fsp3) is 1.00. The van der Waals surface area contributed by atoms with Gasteiger partial charge < -0.3 is 10.5 Å². The molecule has 0 spiro atoms. The molecule has 0 aromatic carbocycles. The number of rotatable bonds is 2. The Morgan fingerprint density at radius 2 is 2.33 bits per heavy atom. The lowest BCUT2D eigenvalue weighted by molar-refractivity contribution is -0.0862. The molecule has 0 aromatic rings. The van der Waals surface area contributed by atoms with Crippen molar-refractivity contribution < 1.29 is 4.74 Å². The van der Waals surface area contributed by atoms with Gasteiger partial charge in [0, 0.05) is 30.4 Å². The molecule has 0 radical (unpaired) electrons. The molecule has 2 fully saturated rings. The number of hydrogen-bond acceptors (Lipinski definition) is 4. The maximum Gasteiger partial charge on any atom is 0.0675 e. The van der Waals surface area contributed by atoms with Crippen LogP contribution in [-0.4, -0.2) is 53.8 Å². The van der Waals surface area contributed by atoms with E-state index < -0.39 is 0 Å². The zero-order chi connectivity index (χ0) is 10.9. The maximum atomic E-state index is 6.01. The van der Waals surface area contributed by atoms with Gasteiger partial charge in [0.05, 0.1) is 12.7 Å². The van der Waals surface area contributed by atoms with Crippen LogP contribution in [0.5, 0.6) is 0 Å². The van der Waals surface area contributed by atoms with Crippen LogP contribution < -0.4 is 5.73 Å². The first kappa shape index (κ1) is 11.7. The van der Waals surface area contributed by atoms with Gasteiger partial charge in [0.2, 0.25) is 0 Å².